The molecule has 1 aromatic heterocycles. The summed E-state index contributed by atoms with van der Waals surface area (Å²) in [5, 5.41) is 80.3. The van der Waals surface area contributed by atoms with Crippen LogP contribution in [0.25, 0.3) is 22.3 Å². The van der Waals surface area contributed by atoms with Crippen LogP contribution < -0.4 is 5.43 Å². The van der Waals surface area contributed by atoms with Crippen LogP contribution in [0.5, 0.6) is 17.2 Å². The van der Waals surface area contributed by atoms with Gasteiger partial charge < -0.3 is 50.0 Å². The molecule has 2 heterocycles. The third kappa shape index (κ3) is 3.19. The van der Waals surface area contributed by atoms with Crippen LogP contribution in [-0.2, 0) is 10.3 Å². The third-order valence-corrected chi connectivity index (χ3v) is 5.52. The second-order valence-electron chi connectivity index (χ2n) is 7.50. The fourth-order valence-corrected chi connectivity index (χ4v) is 3.89. The molecule has 0 saturated carbocycles. The summed E-state index contributed by atoms with van der Waals surface area (Å²) in [7, 11) is 0. The largest absolute Gasteiger partial charge is 0.508 e. The number of hydrogen-bond donors (Lipinski definition) is 8. The molecule has 1 aliphatic rings. The van der Waals surface area contributed by atoms with Gasteiger partial charge in [-0.2, -0.15) is 0 Å². The van der Waals surface area contributed by atoms with Gasteiger partial charge in [0.15, 0.2) is 11.9 Å². The average molecular weight is 448 g/mol. The van der Waals surface area contributed by atoms with Crippen LogP contribution in [0.2, 0.25) is 0 Å². The van der Waals surface area contributed by atoms with Crippen molar-refractivity contribution in [3.8, 4) is 28.6 Å². The van der Waals surface area contributed by atoms with E-state index in [0.29, 0.717) is 0 Å². The van der Waals surface area contributed by atoms with Crippen molar-refractivity contribution in [2.45, 2.75) is 30.2 Å². The Labute approximate surface area is 179 Å². The first kappa shape index (κ1) is 22.0. The Morgan fingerprint density at radius 2 is 1.56 bits per heavy atom. The highest BCUT2D eigenvalue weighted by molar-refractivity contribution is 5.87. The molecule has 2 aromatic carbocycles. The first-order valence-electron chi connectivity index (χ1n) is 9.44. The van der Waals surface area contributed by atoms with Gasteiger partial charge in [0.1, 0.15) is 52.3 Å². The van der Waals surface area contributed by atoms with E-state index < -0.39 is 64.7 Å². The number of hydrogen-bond acceptors (Lipinski definition) is 11. The van der Waals surface area contributed by atoms with Gasteiger partial charge in [-0.05, 0) is 24.3 Å². The molecule has 1 unspecified atom stereocenters. The summed E-state index contributed by atoms with van der Waals surface area (Å²) in [6.07, 6.45) is -8.18. The summed E-state index contributed by atoms with van der Waals surface area (Å²) in [4.78, 5) is 13.5. The number of phenols is 3. The molecule has 0 radical (unpaired) electrons. The van der Waals surface area contributed by atoms with Crippen LogP contribution in [-0.4, -0.2) is 72.1 Å². The molecule has 0 bridgehead atoms. The second kappa shape index (κ2) is 7.74. The fourth-order valence-electron chi connectivity index (χ4n) is 3.89. The van der Waals surface area contributed by atoms with E-state index in [2.05, 4.69) is 0 Å². The van der Waals surface area contributed by atoms with Crippen LogP contribution >= 0.6 is 0 Å². The van der Waals surface area contributed by atoms with Gasteiger partial charge in [0.25, 0.3) is 0 Å². The lowest BCUT2D eigenvalue weighted by Gasteiger charge is -2.46. The molecule has 0 amide bonds. The highest BCUT2D eigenvalue weighted by atomic mass is 16.7. The summed E-state index contributed by atoms with van der Waals surface area (Å²) in [6.45, 7) is -1.14. The number of ether oxygens (including phenoxy) is 1. The molecule has 11 nitrogen and oxygen atoms in total. The minimum absolute atomic E-state index is 0.117. The number of rotatable bonds is 3. The molecule has 0 aliphatic carbocycles. The van der Waals surface area contributed by atoms with Crippen molar-refractivity contribution in [3.63, 3.8) is 0 Å². The molecule has 3 aromatic rings. The minimum Gasteiger partial charge on any atom is -0.508 e. The monoisotopic (exact) mass is 448 g/mol. The fraction of sp³-hybridized carbons (Fsp3) is 0.286. The highest BCUT2D eigenvalue weighted by Gasteiger charge is 2.56. The Bertz CT molecular complexity index is 1220. The number of phenolic OH excluding ortho intramolecular Hbond substituents is 3. The lowest BCUT2D eigenvalue weighted by Crippen LogP contribution is -2.65. The van der Waals surface area contributed by atoms with Gasteiger partial charge in [0.2, 0.25) is 5.43 Å². The van der Waals surface area contributed by atoms with Gasteiger partial charge in [0.05, 0.1) is 12.2 Å². The van der Waals surface area contributed by atoms with E-state index in [1.54, 1.807) is 0 Å². The minimum atomic E-state index is -2.48. The number of fused-ring (bicyclic) bond motifs is 1. The second-order valence-corrected chi connectivity index (χ2v) is 7.50. The molecule has 0 spiro atoms. The maximum absolute atomic E-state index is 13.5. The van der Waals surface area contributed by atoms with Gasteiger partial charge in [-0.25, -0.2) is 0 Å². The van der Waals surface area contributed by atoms with Crippen LogP contribution in [0.15, 0.2) is 45.6 Å². The van der Waals surface area contributed by atoms with E-state index in [-0.39, 0.29) is 22.7 Å². The zero-order valence-electron chi connectivity index (χ0n) is 16.3. The molecule has 170 valence electrons. The molecule has 11 heteroatoms. The number of benzene rings is 2. The molecule has 4 rings (SSSR count). The summed E-state index contributed by atoms with van der Waals surface area (Å²) < 4.78 is 11.0. The summed E-state index contributed by atoms with van der Waals surface area (Å²) in [6, 6.07) is 7.14. The SMILES string of the molecule is O=c1c([C@]2(CO)OC(O)[C@H](O)[C@@H](O)[C@@H]2O)c(-c2ccc(O)cc2)oc2cc(O)cc(O)c12. The molecule has 1 aliphatic heterocycles. The summed E-state index contributed by atoms with van der Waals surface area (Å²) >= 11 is 0. The predicted octanol–water partition coefficient (Wildman–Crippen LogP) is -0.804. The first-order valence-corrected chi connectivity index (χ1v) is 9.44. The van der Waals surface area contributed by atoms with Crippen LogP contribution in [0.4, 0.5) is 0 Å². The van der Waals surface area contributed by atoms with Gasteiger partial charge in [-0.15, -0.1) is 0 Å². The third-order valence-electron chi connectivity index (χ3n) is 5.52. The van der Waals surface area contributed by atoms with E-state index in [1.807, 2.05) is 0 Å². The van der Waals surface area contributed by atoms with Gasteiger partial charge >= 0.3 is 0 Å². The Morgan fingerprint density at radius 1 is 0.906 bits per heavy atom. The molecule has 1 fully saturated rings. The molecule has 32 heavy (non-hydrogen) atoms. The van der Waals surface area contributed by atoms with Crippen molar-refractivity contribution in [3.05, 3.63) is 52.2 Å². The van der Waals surface area contributed by atoms with Crippen molar-refractivity contribution < 1.29 is 50.0 Å². The van der Waals surface area contributed by atoms with Crippen molar-refractivity contribution in [2.75, 3.05) is 6.61 Å². The first-order chi connectivity index (χ1) is 15.1. The van der Waals surface area contributed by atoms with E-state index in [9.17, 15) is 45.6 Å². The van der Waals surface area contributed by atoms with Crippen molar-refractivity contribution >= 4 is 11.0 Å². The highest BCUT2D eigenvalue weighted by Crippen LogP contribution is 2.43. The topological polar surface area (TPSA) is 201 Å². The van der Waals surface area contributed by atoms with Gasteiger partial charge in [-0.3, -0.25) is 4.79 Å². The Kier molecular flexibility index (Phi) is 5.33. The maximum atomic E-state index is 13.5. The van der Waals surface area contributed by atoms with Crippen molar-refractivity contribution in [2.24, 2.45) is 0 Å². The van der Waals surface area contributed by atoms with E-state index in [1.165, 1.54) is 24.3 Å². The van der Waals surface area contributed by atoms with Gasteiger partial charge in [-0.1, -0.05) is 0 Å². The maximum Gasteiger partial charge on any atom is 0.203 e. The van der Waals surface area contributed by atoms with Crippen molar-refractivity contribution in [1.29, 1.82) is 0 Å². The smallest absolute Gasteiger partial charge is 0.203 e. The van der Waals surface area contributed by atoms with Crippen LogP contribution in [0.3, 0.4) is 0 Å². The lowest BCUT2D eigenvalue weighted by atomic mass is 9.79. The quantitative estimate of drug-likeness (QED) is 0.249. The number of aliphatic hydroxyl groups is 5. The van der Waals surface area contributed by atoms with Gasteiger partial charge in [0, 0.05) is 17.7 Å². The zero-order valence-corrected chi connectivity index (χ0v) is 16.3. The number of aromatic hydroxyl groups is 3. The molecular weight excluding hydrogens is 428 g/mol. The van der Waals surface area contributed by atoms with Crippen molar-refractivity contribution in [1.82, 2.24) is 0 Å². The Morgan fingerprint density at radius 3 is 2.19 bits per heavy atom. The molecule has 1 saturated heterocycles. The standard InChI is InChI=1S/C21H20O11/c22-7-21(19(29)16(27)17(28)20(30)32-21)14-15(26)13-11(25)5-10(24)6-12(13)31-18(14)8-1-3-9(23)4-2-8/h1-6,16-17,19-20,22-25,27-30H,7H2/t16-,17-,19+,20?,21+/m1/s1. The van der Waals surface area contributed by atoms with Crippen LogP contribution in [0, 0.1) is 0 Å². The normalized spacial score (nSPS) is 28.2. The lowest BCUT2D eigenvalue weighted by molar-refractivity contribution is -0.332. The Hall–Kier alpha value is -3.19. The Balaban J connectivity index is 2.13. The number of aliphatic hydroxyl groups excluding tert-OH is 5. The van der Waals surface area contributed by atoms with E-state index >= 15 is 0 Å². The van der Waals surface area contributed by atoms with E-state index in [4.69, 9.17) is 9.15 Å². The average Bonchev–Trinajstić information content (AvgIpc) is 2.75. The summed E-state index contributed by atoms with van der Waals surface area (Å²) in [5.74, 6) is -1.51. The molecule has 8 N–H and O–H groups in total. The predicted molar refractivity (Wildman–Crippen MR) is 107 cm³/mol. The molecular formula is C21H20O11. The van der Waals surface area contributed by atoms with Crippen LogP contribution in [0.1, 0.15) is 5.56 Å². The van der Waals surface area contributed by atoms with E-state index in [0.717, 1.165) is 12.1 Å². The zero-order chi connectivity index (χ0) is 23.4. The molecule has 5 atom stereocenters. The summed E-state index contributed by atoms with van der Waals surface area (Å²) in [5.41, 5.74) is -4.16.